The molecule has 0 spiro atoms. The number of halogens is 1. The minimum atomic E-state index is -0.354. The summed E-state index contributed by atoms with van der Waals surface area (Å²) in [5.41, 5.74) is 3.12. The molecule has 1 aromatic carbocycles. The van der Waals surface area contributed by atoms with Crippen molar-refractivity contribution in [1.82, 2.24) is 4.98 Å². The van der Waals surface area contributed by atoms with E-state index in [4.69, 9.17) is 4.74 Å². The molecule has 1 aliphatic carbocycles. The molecule has 2 aromatic rings. The summed E-state index contributed by atoms with van der Waals surface area (Å²) in [5, 5.41) is 0. The van der Waals surface area contributed by atoms with Crippen molar-refractivity contribution in [3.05, 3.63) is 65.2 Å². The van der Waals surface area contributed by atoms with Crippen molar-refractivity contribution in [2.24, 2.45) is 4.99 Å². The van der Waals surface area contributed by atoms with Crippen molar-refractivity contribution in [3.63, 3.8) is 0 Å². The van der Waals surface area contributed by atoms with Crippen molar-refractivity contribution >= 4 is 5.90 Å². The van der Waals surface area contributed by atoms with Crippen LogP contribution in [0.5, 0.6) is 0 Å². The van der Waals surface area contributed by atoms with Gasteiger partial charge in [-0.3, -0.25) is 0 Å². The summed E-state index contributed by atoms with van der Waals surface area (Å²) in [6.45, 7) is 0. The predicted molar refractivity (Wildman–Crippen MR) is 68.5 cm³/mol. The lowest BCUT2D eigenvalue weighted by molar-refractivity contribution is 0.206. The molecular weight excluding hydrogens is 243 g/mol. The molecule has 2 heterocycles. The van der Waals surface area contributed by atoms with Gasteiger partial charge in [0, 0.05) is 6.42 Å². The zero-order chi connectivity index (χ0) is 12.8. The van der Waals surface area contributed by atoms with E-state index in [0.29, 0.717) is 11.6 Å². The van der Waals surface area contributed by atoms with Gasteiger partial charge in [0.25, 0.3) is 0 Å². The van der Waals surface area contributed by atoms with E-state index in [1.807, 2.05) is 12.1 Å². The number of aliphatic imine (C=N–C) groups is 1. The van der Waals surface area contributed by atoms with Crippen molar-refractivity contribution in [3.8, 4) is 0 Å². The Morgan fingerprint density at radius 2 is 2.05 bits per heavy atom. The summed E-state index contributed by atoms with van der Waals surface area (Å²) in [5.74, 6) is 0.164. The number of aromatic nitrogens is 1. The average Bonchev–Trinajstić information content (AvgIpc) is 2.97. The van der Waals surface area contributed by atoms with E-state index in [9.17, 15) is 4.39 Å². The standard InChI is InChI=1S/C15H11FN2O/c16-10-5-6-12(17-8-10)15-18-14-11-4-2-1-3-9(11)7-13(14)19-15/h1-6,8,13-14H,7H2/t13-,14+/m1/s1. The molecular formula is C15H11FN2O. The van der Waals surface area contributed by atoms with Crippen molar-refractivity contribution in [2.75, 3.05) is 0 Å². The maximum atomic E-state index is 12.9. The summed E-state index contributed by atoms with van der Waals surface area (Å²) in [6, 6.07) is 11.3. The Hall–Kier alpha value is -2.23. The van der Waals surface area contributed by atoms with Gasteiger partial charge in [0.1, 0.15) is 23.7 Å². The van der Waals surface area contributed by atoms with E-state index >= 15 is 0 Å². The van der Waals surface area contributed by atoms with Crippen LogP contribution in [0.3, 0.4) is 0 Å². The summed E-state index contributed by atoms with van der Waals surface area (Å²) in [7, 11) is 0. The molecule has 0 amide bonds. The highest BCUT2D eigenvalue weighted by Gasteiger charge is 2.39. The van der Waals surface area contributed by atoms with E-state index in [2.05, 4.69) is 22.1 Å². The minimum Gasteiger partial charge on any atom is -0.470 e. The lowest BCUT2D eigenvalue weighted by atomic mass is 10.1. The molecule has 0 saturated heterocycles. The Kier molecular flexibility index (Phi) is 2.18. The zero-order valence-electron chi connectivity index (χ0n) is 10.1. The summed E-state index contributed by atoms with van der Waals surface area (Å²) >= 11 is 0. The number of nitrogens with zero attached hydrogens (tertiary/aromatic N) is 2. The van der Waals surface area contributed by atoms with Gasteiger partial charge in [0.2, 0.25) is 5.90 Å². The van der Waals surface area contributed by atoms with Crippen LogP contribution in [0.25, 0.3) is 0 Å². The maximum Gasteiger partial charge on any atom is 0.236 e. The van der Waals surface area contributed by atoms with Crippen LogP contribution in [-0.2, 0) is 11.2 Å². The third-order valence-corrected chi connectivity index (χ3v) is 3.61. The van der Waals surface area contributed by atoms with Crippen LogP contribution in [0.15, 0.2) is 47.6 Å². The van der Waals surface area contributed by atoms with Crippen molar-refractivity contribution in [2.45, 2.75) is 18.6 Å². The Morgan fingerprint density at radius 3 is 2.89 bits per heavy atom. The molecule has 0 unspecified atom stereocenters. The highest BCUT2D eigenvalue weighted by atomic mass is 19.1. The molecule has 1 aromatic heterocycles. The average molecular weight is 254 g/mol. The van der Waals surface area contributed by atoms with Crippen molar-refractivity contribution in [1.29, 1.82) is 0 Å². The number of rotatable bonds is 1. The molecule has 94 valence electrons. The fourth-order valence-corrected chi connectivity index (χ4v) is 2.73. The quantitative estimate of drug-likeness (QED) is 0.784. The lowest BCUT2D eigenvalue weighted by Crippen LogP contribution is -2.14. The monoisotopic (exact) mass is 254 g/mol. The lowest BCUT2D eigenvalue weighted by Gasteiger charge is -2.08. The Labute approximate surface area is 109 Å². The second-order valence-corrected chi connectivity index (χ2v) is 4.80. The Balaban J connectivity index is 1.71. The SMILES string of the molecule is Fc1ccc(C2=N[C@H]3c4ccccc4C[C@H]3O2)nc1. The molecule has 0 N–H and O–H groups in total. The second-order valence-electron chi connectivity index (χ2n) is 4.80. The van der Waals surface area contributed by atoms with Crippen LogP contribution < -0.4 is 0 Å². The van der Waals surface area contributed by atoms with Gasteiger partial charge in [-0.05, 0) is 23.3 Å². The highest BCUT2D eigenvalue weighted by Crippen LogP contribution is 2.40. The largest absolute Gasteiger partial charge is 0.470 e. The number of hydrogen-bond donors (Lipinski definition) is 0. The van der Waals surface area contributed by atoms with Crippen LogP contribution in [-0.4, -0.2) is 17.0 Å². The Morgan fingerprint density at radius 1 is 1.16 bits per heavy atom. The van der Waals surface area contributed by atoms with Gasteiger partial charge < -0.3 is 4.74 Å². The number of benzene rings is 1. The molecule has 0 radical (unpaired) electrons. The second kappa shape index (κ2) is 3.88. The van der Waals surface area contributed by atoms with Gasteiger partial charge in [-0.25, -0.2) is 14.4 Å². The van der Waals surface area contributed by atoms with Gasteiger partial charge in [-0.2, -0.15) is 0 Å². The minimum absolute atomic E-state index is 0.0538. The molecule has 1 aliphatic heterocycles. The van der Waals surface area contributed by atoms with Crippen LogP contribution >= 0.6 is 0 Å². The molecule has 2 atom stereocenters. The maximum absolute atomic E-state index is 12.9. The fraction of sp³-hybridized carbons (Fsp3) is 0.200. The van der Waals surface area contributed by atoms with Crippen LogP contribution in [0.1, 0.15) is 22.9 Å². The van der Waals surface area contributed by atoms with Crippen molar-refractivity contribution < 1.29 is 9.13 Å². The van der Waals surface area contributed by atoms with E-state index < -0.39 is 0 Å². The van der Waals surface area contributed by atoms with Gasteiger partial charge >= 0.3 is 0 Å². The van der Waals surface area contributed by atoms with Crippen LogP contribution in [0.4, 0.5) is 4.39 Å². The number of fused-ring (bicyclic) bond motifs is 3. The Bertz CT molecular complexity index is 666. The van der Waals surface area contributed by atoms with Gasteiger partial charge in [-0.1, -0.05) is 24.3 Å². The summed E-state index contributed by atoms with van der Waals surface area (Å²) < 4.78 is 18.7. The predicted octanol–water partition coefficient (Wildman–Crippen LogP) is 2.66. The van der Waals surface area contributed by atoms with Crippen LogP contribution in [0.2, 0.25) is 0 Å². The first kappa shape index (κ1) is 10.7. The van der Waals surface area contributed by atoms with E-state index in [-0.39, 0.29) is 18.0 Å². The molecule has 0 bridgehead atoms. The third kappa shape index (κ3) is 1.63. The topological polar surface area (TPSA) is 34.5 Å². The third-order valence-electron chi connectivity index (χ3n) is 3.61. The molecule has 3 nitrogen and oxygen atoms in total. The highest BCUT2D eigenvalue weighted by molar-refractivity contribution is 5.93. The molecule has 4 rings (SSSR count). The van der Waals surface area contributed by atoms with Gasteiger partial charge in [0.05, 0.1) is 6.20 Å². The summed E-state index contributed by atoms with van der Waals surface area (Å²) in [6.07, 6.45) is 2.11. The summed E-state index contributed by atoms with van der Waals surface area (Å²) in [4.78, 5) is 8.61. The first-order valence-corrected chi connectivity index (χ1v) is 6.25. The molecule has 19 heavy (non-hydrogen) atoms. The van der Waals surface area contributed by atoms with Gasteiger partial charge in [0.15, 0.2) is 0 Å². The number of hydrogen-bond acceptors (Lipinski definition) is 3. The van der Waals surface area contributed by atoms with Crippen LogP contribution in [0, 0.1) is 5.82 Å². The number of ether oxygens (including phenoxy) is 1. The fourth-order valence-electron chi connectivity index (χ4n) is 2.73. The normalized spacial score (nSPS) is 23.5. The van der Waals surface area contributed by atoms with Gasteiger partial charge in [-0.15, -0.1) is 0 Å². The smallest absolute Gasteiger partial charge is 0.236 e. The molecule has 0 fully saturated rings. The molecule has 4 heteroatoms. The molecule has 2 aliphatic rings. The van der Waals surface area contributed by atoms with E-state index in [0.717, 1.165) is 6.42 Å². The van der Waals surface area contributed by atoms with E-state index in [1.165, 1.54) is 23.4 Å². The first-order chi connectivity index (χ1) is 9.31. The zero-order valence-corrected chi connectivity index (χ0v) is 10.1. The van der Waals surface area contributed by atoms with E-state index in [1.54, 1.807) is 6.07 Å². The number of pyridine rings is 1. The first-order valence-electron chi connectivity index (χ1n) is 6.25. The molecule has 0 saturated carbocycles.